The van der Waals surface area contributed by atoms with Gasteiger partial charge in [-0.25, -0.2) is 4.79 Å². The van der Waals surface area contributed by atoms with Gasteiger partial charge in [-0.2, -0.15) is 0 Å². The van der Waals surface area contributed by atoms with Crippen LogP contribution in [0.15, 0.2) is 36.4 Å². The van der Waals surface area contributed by atoms with Crippen LogP contribution in [0, 0.1) is 26.7 Å². The molecule has 0 aromatic heterocycles. The fraction of sp³-hybridized carbons (Fsp3) is 0.458. The summed E-state index contributed by atoms with van der Waals surface area (Å²) in [6.45, 7) is 12.4. The standard InChI is InChI=1S/C24H33N3O/c1-17-6-5-11-27(15-17)16-22-9-7-21(8-10-22)14-25-24(28)26-23-19(3)12-18(2)13-20(23)4/h7-10,12-13,17H,5-6,11,14-16H2,1-4H3,(H2,25,26,28)/t17-/m0/s1. The summed E-state index contributed by atoms with van der Waals surface area (Å²) in [6.07, 6.45) is 2.66. The maximum atomic E-state index is 12.3. The van der Waals surface area contributed by atoms with Crippen LogP contribution < -0.4 is 10.6 Å². The lowest BCUT2D eigenvalue weighted by molar-refractivity contribution is 0.176. The number of hydrogen-bond acceptors (Lipinski definition) is 2. The zero-order valence-electron chi connectivity index (χ0n) is 17.6. The van der Waals surface area contributed by atoms with Gasteiger partial charge in [0.2, 0.25) is 0 Å². The van der Waals surface area contributed by atoms with E-state index in [2.05, 4.69) is 65.8 Å². The third-order valence-electron chi connectivity index (χ3n) is 5.54. The van der Waals surface area contributed by atoms with Crippen molar-refractivity contribution in [1.29, 1.82) is 0 Å². The van der Waals surface area contributed by atoms with Gasteiger partial charge in [-0.3, -0.25) is 4.90 Å². The number of nitrogens with zero attached hydrogens (tertiary/aromatic N) is 1. The van der Waals surface area contributed by atoms with Crippen LogP contribution in [0.5, 0.6) is 0 Å². The molecule has 1 aliphatic rings. The highest BCUT2D eigenvalue weighted by Crippen LogP contribution is 2.22. The molecular weight excluding hydrogens is 346 g/mol. The first-order valence-electron chi connectivity index (χ1n) is 10.3. The van der Waals surface area contributed by atoms with E-state index in [4.69, 9.17) is 0 Å². The van der Waals surface area contributed by atoms with E-state index in [-0.39, 0.29) is 6.03 Å². The Bertz CT molecular complexity index is 790. The SMILES string of the molecule is Cc1cc(C)c(NC(=O)NCc2ccc(CN3CCC[C@H](C)C3)cc2)c(C)c1. The smallest absolute Gasteiger partial charge is 0.319 e. The molecule has 0 unspecified atom stereocenters. The van der Waals surface area contributed by atoms with Crippen molar-refractivity contribution in [1.82, 2.24) is 10.2 Å². The molecule has 1 atom stereocenters. The van der Waals surface area contributed by atoms with Gasteiger partial charge in [0.1, 0.15) is 0 Å². The second-order valence-electron chi connectivity index (χ2n) is 8.38. The van der Waals surface area contributed by atoms with Crippen LogP contribution in [-0.4, -0.2) is 24.0 Å². The van der Waals surface area contributed by atoms with E-state index in [0.29, 0.717) is 6.54 Å². The summed E-state index contributed by atoms with van der Waals surface area (Å²) in [4.78, 5) is 14.8. The van der Waals surface area contributed by atoms with Gasteiger partial charge in [0.05, 0.1) is 0 Å². The molecule has 1 fully saturated rings. The average Bonchev–Trinajstić information content (AvgIpc) is 2.64. The number of likely N-dealkylation sites (tertiary alicyclic amines) is 1. The van der Waals surface area contributed by atoms with Gasteiger partial charge in [0.25, 0.3) is 0 Å². The Labute approximate surface area is 169 Å². The summed E-state index contributed by atoms with van der Waals surface area (Å²) < 4.78 is 0. The molecule has 0 saturated carbocycles. The van der Waals surface area contributed by atoms with E-state index in [0.717, 1.165) is 34.8 Å². The number of anilines is 1. The first-order valence-corrected chi connectivity index (χ1v) is 10.3. The lowest BCUT2D eigenvalue weighted by Gasteiger charge is -2.30. The number of hydrogen-bond donors (Lipinski definition) is 2. The molecule has 1 aliphatic heterocycles. The van der Waals surface area contributed by atoms with Crippen molar-refractivity contribution >= 4 is 11.7 Å². The zero-order valence-corrected chi connectivity index (χ0v) is 17.6. The Hall–Kier alpha value is -2.33. The third-order valence-corrected chi connectivity index (χ3v) is 5.54. The van der Waals surface area contributed by atoms with Gasteiger partial charge in [0, 0.05) is 25.3 Å². The predicted octanol–water partition coefficient (Wildman–Crippen LogP) is 5.17. The highest BCUT2D eigenvalue weighted by Gasteiger charge is 2.16. The fourth-order valence-corrected chi connectivity index (χ4v) is 4.17. The molecule has 2 aromatic carbocycles. The van der Waals surface area contributed by atoms with Crippen molar-refractivity contribution in [2.75, 3.05) is 18.4 Å². The molecular formula is C24H33N3O. The summed E-state index contributed by atoms with van der Waals surface area (Å²) >= 11 is 0. The number of piperidine rings is 1. The second kappa shape index (κ2) is 9.24. The second-order valence-corrected chi connectivity index (χ2v) is 8.38. The summed E-state index contributed by atoms with van der Waals surface area (Å²) in [5.41, 5.74) is 6.74. The maximum Gasteiger partial charge on any atom is 0.319 e. The molecule has 1 heterocycles. The number of carbonyl (C=O) groups excluding carboxylic acids is 1. The van der Waals surface area contributed by atoms with Crippen LogP contribution in [-0.2, 0) is 13.1 Å². The van der Waals surface area contributed by atoms with Crippen LogP contribution in [0.1, 0.15) is 47.6 Å². The van der Waals surface area contributed by atoms with Crippen LogP contribution >= 0.6 is 0 Å². The van der Waals surface area contributed by atoms with Gasteiger partial charge >= 0.3 is 6.03 Å². The molecule has 0 radical (unpaired) electrons. The van der Waals surface area contributed by atoms with E-state index >= 15 is 0 Å². The maximum absolute atomic E-state index is 12.3. The number of urea groups is 1. The number of aryl methyl sites for hydroxylation is 3. The molecule has 4 nitrogen and oxygen atoms in total. The van der Waals surface area contributed by atoms with E-state index in [1.165, 1.54) is 37.1 Å². The molecule has 0 aliphatic carbocycles. The van der Waals surface area contributed by atoms with Crippen molar-refractivity contribution in [3.63, 3.8) is 0 Å². The topological polar surface area (TPSA) is 44.4 Å². The summed E-state index contributed by atoms with van der Waals surface area (Å²) in [7, 11) is 0. The normalized spacial score (nSPS) is 17.4. The number of rotatable bonds is 5. The first-order chi connectivity index (χ1) is 13.4. The van der Waals surface area contributed by atoms with Crippen LogP contribution in [0.25, 0.3) is 0 Å². The van der Waals surface area contributed by atoms with Gasteiger partial charge < -0.3 is 10.6 Å². The van der Waals surface area contributed by atoms with Crippen LogP contribution in [0.3, 0.4) is 0 Å². The monoisotopic (exact) mass is 379 g/mol. The number of nitrogens with one attached hydrogen (secondary N) is 2. The molecule has 0 spiro atoms. The molecule has 4 heteroatoms. The van der Waals surface area contributed by atoms with Crippen molar-refractivity contribution in [2.24, 2.45) is 5.92 Å². The minimum atomic E-state index is -0.165. The minimum Gasteiger partial charge on any atom is -0.334 e. The van der Waals surface area contributed by atoms with E-state index in [1.54, 1.807) is 0 Å². The largest absolute Gasteiger partial charge is 0.334 e. The highest BCUT2D eigenvalue weighted by molar-refractivity contribution is 5.91. The Morgan fingerprint density at radius 2 is 1.71 bits per heavy atom. The molecule has 150 valence electrons. The minimum absolute atomic E-state index is 0.165. The number of carbonyl (C=O) groups is 1. The lowest BCUT2D eigenvalue weighted by atomic mass is 9.99. The van der Waals surface area contributed by atoms with Gasteiger partial charge in [-0.05, 0) is 68.3 Å². The molecule has 2 amide bonds. The molecule has 0 bridgehead atoms. The fourth-order valence-electron chi connectivity index (χ4n) is 4.17. The van der Waals surface area contributed by atoms with E-state index in [9.17, 15) is 4.79 Å². The lowest BCUT2D eigenvalue weighted by Crippen LogP contribution is -2.33. The summed E-state index contributed by atoms with van der Waals surface area (Å²) in [6, 6.07) is 12.6. The first kappa shape index (κ1) is 20.4. The van der Waals surface area contributed by atoms with Crippen LogP contribution in [0.4, 0.5) is 10.5 Å². The predicted molar refractivity (Wildman–Crippen MR) is 117 cm³/mol. The Balaban J connectivity index is 1.50. The quantitative estimate of drug-likeness (QED) is 0.753. The van der Waals surface area contributed by atoms with Crippen molar-refractivity contribution in [2.45, 2.75) is 53.6 Å². The van der Waals surface area contributed by atoms with Crippen LogP contribution in [0.2, 0.25) is 0 Å². The molecule has 2 N–H and O–H groups in total. The summed E-state index contributed by atoms with van der Waals surface area (Å²) in [5.74, 6) is 0.802. The Kier molecular flexibility index (Phi) is 6.74. The van der Waals surface area contributed by atoms with Crippen molar-refractivity contribution in [3.8, 4) is 0 Å². The average molecular weight is 380 g/mol. The molecule has 1 saturated heterocycles. The van der Waals surface area contributed by atoms with Crippen molar-refractivity contribution < 1.29 is 4.79 Å². The van der Waals surface area contributed by atoms with Crippen molar-refractivity contribution in [3.05, 3.63) is 64.2 Å². The van der Waals surface area contributed by atoms with Gasteiger partial charge in [0.15, 0.2) is 0 Å². The Morgan fingerprint density at radius 1 is 1.07 bits per heavy atom. The number of benzene rings is 2. The van der Waals surface area contributed by atoms with E-state index in [1.807, 2.05) is 13.8 Å². The zero-order chi connectivity index (χ0) is 20.1. The highest BCUT2D eigenvalue weighted by atomic mass is 16.2. The van der Waals surface area contributed by atoms with E-state index < -0.39 is 0 Å². The molecule has 2 aromatic rings. The third kappa shape index (κ3) is 5.59. The summed E-state index contributed by atoms with van der Waals surface area (Å²) in [5, 5.41) is 5.95. The molecule has 28 heavy (non-hydrogen) atoms. The Morgan fingerprint density at radius 3 is 2.36 bits per heavy atom. The van der Waals surface area contributed by atoms with Gasteiger partial charge in [-0.1, -0.05) is 48.9 Å². The molecule has 3 rings (SSSR count). The number of amides is 2. The van der Waals surface area contributed by atoms with Gasteiger partial charge in [-0.15, -0.1) is 0 Å².